The van der Waals surface area contributed by atoms with Crippen molar-refractivity contribution in [2.75, 3.05) is 32.6 Å². The van der Waals surface area contributed by atoms with E-state index in [1.165, 1.54) is 11.8 Å². The molecule has 2 aromatic rings. The number of anilines is 1. The number of amides is 1. The van der Waals surface area contributed by atoms with Crippen molar-refractivity contribution in [1.29, 1.82) is 0 Å². The van der Waals surface area contributed by atoms with Crippen molar-refractivity contribution in [2.45, 2.75) is 23.6 Å². The van der Waals surface area contributed by atoms with Gasteiger partial charge in [0.25, 0.3) is 5.91 Å². The molecule has 0 fully saturated rings. The maximum atomic E-state index is 12.2. The highest BCUT2D eigenvalue weighted by molar-refractivity contribution is 8.00. The summed E-state index contributed by atoms with van der Waals surface area (Å²) in [5.74, 6) is -0.613. The van der Waals surface area contributed by atoms with Crippen molar-refractivity contribution in [3.63, 3.8) is 0 Å². The van der Waals surface area contributed by atoms with Crippen molar-refractivity contribution >= 4 is 29.3 Å². The van der Waals surface area contributed by atoms with Crippen molar-refractivity contribution in [1.82, 2.24) is 4.90 Å². The number of rotatable bonds is 8. The lowest BCUT2D eigenvalue weighted by molar-refractivity contribution is -0.151. The van der Waals surface area contributed by atoms with Crippen LogP contribution in [0.5, 0.6) is 0 Å². The van der Waals surface area contributed by atoms with Crippen molar-refractivity contribution < 1.29 is 14.3 Å². The van der Waals surface area contributed by atoms with Gasteiger partial charge >= 0.3 is 5.97 Å². The molecule has 144 valence electrons. The van der Waals surface area contributed by atoms with Crippen LogP contribution in [0.3, 0.4) is 0 Å². The lowest BCUT2D eigenvalue weighted by atomic mass is 10.2. The number of carbonyl (C=O) groups is 2. The zero-order valence-electron chi connectivity index (χ0n) is 16.2. The van der Waals surface area contributed by atoms with Gasteiger partial charge in [-0.2, -0.15) is 0 Å². The molecule has 0 heterocycles. The van der Waals surface area contributed by atoms with Crippen LogP contribution in [-0.4, -0.2) is 49.8 Å². The minimum absolute atomic E-state index is 0.225. The quantitative estimate of drug-likeness (QED) is 0.514. The van der Waals surface area contributed by atoms with Crippen LogP contribution in [-0.2, 0) is 20.9 Å². The average molecular weight is 387 g/mol. The summed E-state index contributed by atoms with van der Waals surface area (Å²) in [6.45, 7) is 2.00. The third-order valence-electron chi connectivity index (χ3n) is 4.02. The van der Waals surface area contributed by atoms with Gasteiger partial charge in [-0.05, 0) is 36.8 Å². The molecule has 0 aliphatic heterocycles. The highest BCUT2D eigenvalue weighted by atomic mass is 32.2. The highest BCUT2D eigenvalue weighted by Gasteiger charge is 2.18. The number of hydrogen-bond donors (Lipinski definition) is 0. The van der Waals surface area contributed by atoms with E-state index in [1.54, 1.807) is 18.9 Å². The molecule has 0 aliphatic rings. The zero-order valence-corrected chi connectivity index (χ0v) is 17.0. The monoisotopic (exact) mass is 386 g/mol. The molecule has 6 heteroatoms. The molecule has 27 heavy (non-hydrogen) atoms. The number of ether oxygens (including phenoxy) is 1. The van der Waals surface area contributed by atoms with E-state index in [1.807, 2.05) is 73.6 Å². The average Bonchev–Trinajstić information content (AvgIpc) is 2.66. The number of thioether (sulfide) groups is 1. The predicted octanol–water partition coefficient (Wildman–Crippen LogP) is 3.44. The van der Waals surface area contributed by atoms with Gasteiger partial charge in [-0.1, -0.05) is 30.3 Å². The third-order valence-corrected chi connectivity index (χ3v) is 5.11. The molecular formula is C21H26N2O3S. The van der Waals surface area contributed by atoms with E-state index in [0.717, 1.165) is 16.1 Å². The van der Waals surface area contributed by atoms with Gasteiger partial charge in [0.05, 0.1) is 0 Å². The van der Waals surface area contributed by atoms with Gasteiger partial charge in [0.2, 0.25) is 0 Å². The number of hydrogen-bond acceptors (Lipinski definition) is 5. The Hall–Kier alpha value is -2.47. The van der Waals surface area contributed by atoms with E-state index in [-0.39, 0.29) is 23.7 Å². The third kappa shape index (κ3) is 6.64. The van der Waals surface area contributed by atoms with Crippen LogP contribution in [0.15, 0.2) is 59.5 Å². The Morgan fingerprint density at radius 3 is 2.22 bits per heavy atom. The second-order valence-corrected chi connectivity index (χ2v) is 7.91. The Balaban J connectivity index is 1.79. The molecule has 0 unspecified atom stereocenters. The van der Waals surface area contributed by atoms with Gasteiger partial charge in [-0.15, -0.1) is 11.8 Å². The lowest BCUT2D eigenvalue weighted by Gasteiger charge is -2.19. The minimum atomic E-state index is -0.388. The van der Waals surface area contributed by atoms with Crippen LogP contribution < -0.4 is 4.90 Å². The van der Waals surface area contributed by atoms with E-state index >= 15 is 0 Å². The Morgan fingerprint density at radius 2 is 1.63 bits per heavy atom. The van der Waals surface area contributed by atoms with Crippen LogP contribution >= 0.6 is 11.8 Å². The molecule has 0 bridgehead atoms. The Kier molecular flexibility index (Phi) is 7.73. The molecule has 0 saturated heterocycles. The van der Waals surface area contributed by atoms with Crippen LogP contribution in [0.1, 0.15) is 12.5 Å². The summed E-state index contributed by atoms with van der Waals surface area (Å²) in [6, 6.07) is 17.6. The van der Waals surface area contributed by atoms with Gasteiger partial charge in [-0.25, -0.2) is 0 Å². The van der Waals surface area contributed by atoms with Crippen LogP contribution in [0.4, 0.5) is 5.69 Å². The van der Waals surface area contributed by atoms with Crippen LogP contribution in [0, 0.1) is 0 Å². The van der Waals surface area contributed by atoms with Gasteiger partial charge in [-0.3, -0.25) is 9.59 Å². The fraction of sp³-hybridized carbons (Fsp3) is 0.333. The molecule has 1 amide bonds. The Bertz CT molecular complexity index is 748. The van der Waals surface area contributed by atoms with E-state index in [2.05, 4.69) is 0 Å². The number of nitrogens with zero attached hydrogens (tertiary/aromatic N) is 2. The van der Waals surface area contributed by atoms with Gasteiger partial charge in [0.1, 0.15) is 5.25 Å². The highest BCUT2D eigenvalue weighted by Crippen LogP contribution is 2.23. The van der Waals surface area contributed by atoms with Crippen molar-refractivity contribution in [2.24, 2.45) is 0 Å². The molecule has 0 N–H and O–H groups in total. The first-order chi connectivity index (χ1) is 12.9. The second-order valence-electron chi connectivity index (χ2n) is 6.49. The number of esters is 1. The van der Waals surface area contributed by atoms with Crippen molar-refractivity contribution in [3.05, 3.63) is 60.2 Å². The first kappa shape index (κ1) is 20.8. The van der Waals surface area contributed by atoms with E-state index in [0.29, 0.717) is 6.54 Å². The predicted molar refractivity (Wildman–Crippen MR) is 110 cm³/mol. The molecular weight excluding hydrogens is 360 g/mol. The summed E-state index contributed by atoms with van der Waals surface area (Å²) < 4.78 is 5.19. The van der Waals surface area contributed by atoms with Crippen LogP contribution in [0.2, 0.25) is 0 Å². The number of likely N-dealkylation sites (N-methyl/N-ethyl adjacent to an activating group) is 1. The first-order valence-corrected chi connectivity index (χ1v) is 9.63. The lowest BCUT2D eigenvalue weighted by Crippen LogP contribution is -2.32. The second kappa shape index (κ2) is 10.0. The van der Waals surface area contributed by atoms with Crippen molar-refractivity contribution in [3.8, 4) is 0 Å². The largest absolute Gasteiger partial charge is 0.455 e. The maximum absolute atomic E-state index is 12.2. The fourth-order valence-corrected chi connectivity index (χ4v) is 3.26. The normalized spacial score (nSPS) is 11.6. The molecule has 2 rings (SSSR count). The fourth-order valence-electron chi connectivity index (χ4n) is 2.37. The topological polar surface area (TPSA) is 49.9 Å². The summed E-state index contributed by atoms with van der Waals surface area (Å²) in [5.41, 5.74) is 2.13. The van der Waals surface area contributed by atoms with Gasteiger partial charge in [0, 0.05) is 38.3 Å². The summed E-state index contributed by atoms with van der Waals surface area (Å²) >= 11 is 1.41. The number of benzene rings is 2. The number of carbonyl (C=O) groups excluding carboxylic acids is 2. The SMILES string of the molecule is C[C@H](Sc1ccccc1)C(=O)OCC(=O)N(C)Cc1ccc(N(C)C)cc1. The smallest absolute Gasteiger partial charge is 0.319 e. The zero-order chi connectivity index (χ0) is 19.8. The van der Waals surface area contributed by atoms with Gasteiger partial charge in [0.15, 0.2) is 6.61 Å². The molecule has 0 aliphatic carbocycles. The van der Waals surface area contributed by atoms with Crippen LogP contribution in [0.25, 0.3) is 0 Å². The first-order valence-electron chi connectivity index (χ1n) is 8.75. The molecule has 0 spiro atoms. The maximum Gasteiger partial charge on any atom is 0.319 e. The molecule has 0 saturated carbocycles. The summed E-state index contributed by atoms with van der Waals surface area (Å²) in [5, 5.41) is -0.371. The van der Waals surface area contributed by atoms with E-state index < -0.39 is 0 Å². The summed E-state index contributed by atoms with van der Waals surface area (Å²) in [6.07, 6.45) is 0. The summed E-state index contributed by atoms with van der Waals surface area (Å²) in [7, 11) is 5.67. The van der Waals surface area contributed by atoms with E-state index in [4.69, 9.17) is 4.74 Å². The molecule has 2 aromatic carbocycles. The molecule has 5 nitrogen and oxygen atoms in total. The molecule has 0 radical (unpaired) electrons. The molecule has 0 aromatic heterocycles. The Labute approximate surface area is 165 Å². The Morgan fingerprint density at radius 1 is 1.00 bits per heavy atom. The summed E-state index contributed by atoms with van der Waals surface area (Å²) in [4.78, 5) is 28.9. The van der Waals surface area contributed by atoms with Gasteiger partial charge < -0.3 is 14.5 Å². The molecule has 1 atom stereocenters. The minimum Gasteiger partial charge on any atom is -0.455 e. The standard InChI is InChI=1S/C21H26N2O3S/c1-16(27-19-8-6-5-7-9-19)21(25)26-15-20(24)23(4)14-17-10-12-18(13-11-17)22(2)3/h5-13,16H,14-15H2,1-4H3/t16-/m0/s1. The van der Waals surface area contributed by atoms with E-state index in [9.17, 15) is 9.59 Å².